The molecule has 0 unspecified atom stereocenters. The van der Waals surface area contributed by atoms with Crippen molar-refractivity contribution in [1.29, 1.82) is 0 Å². The average Bonchev–Trinajstić information content (AvgIpc) is 2.25. The number of rotatable bonds is 9. The van der Waals surface area contributed by atoms with Crippen molar-refractivity contribution in [2.45, 2.75) is 32.1 Å². The monoisotopic (exact) mass is 215 g/mol. The summed E-state index contributed by atoms with van der Waals surface area (Å²) >= 11 is 0. The van der Waals surface area contributed by atoms with E-state index < -0.39 is 0 Å². The van der Waals surface area contributed by atoms with Gasteiger partial charge in [-0.2, -0.15) is 0 Å². The molecule has 0 aromatic heterocycles. The van der Waals surface area contributed by atoms with Gasteiger partial charge in [0.05, 0.1) is 0 Å². The van der Waals surface area contributed by atoms with Gasteiger partial charge in [-0.25, -0.2) is 0 Å². The summed E-state index contributed by atoms with van der Waals surface area (Å²) in [6.07, 6.45) is 4.99. The smallest absolute Gasteiger partial charge is 0.222 e. The van der Waals surface area contributed by atoms with E-state index in [1.165, 1.54) is 0 Å². The first-order chi connectivity index (χ1) is 7.22. The quantitative estimate of drug-likeness (QED) is 0.553. The molecule has 4 heteroatoms. The fourth-order valence-electron chi connectivity index (χ4n) is 1.37. The molecule has 0 aliphatic carbocycles. The van der Waals surface area contributed by atoms with E-state index in [0.717, 1.165) is 45.3 Å². The molecular weight excluding hydrogens is 190 g/mol. The number of nitrogens with zero attached hydrogens (tertiary/aromatic N) is 1. The molecule has 0 spiro atoms. The van der Waals surface area contributed by atoms with Crippen LogP contribution in [-0.2, 0) is 4.79 Å². The van der Waals surface area contributed by atoms with Gasteiger partial charge >= 0.3 is 0 Å². The van der Waals surface area contributed by atoms with Gasteiger partial charge in [0.15, 0.2) is 0 Å². The molecule has 0 fully saturated rings. The van der Waals surface area contributed by atoms with Crippen LogP contribution in [0.25, 0.3) is 0 Å². The third kappa shape index (κ3) is 8.39. The third-order valence-electron chi connectivity index (χ3n) is 2.47. The number of carbonyl (C=O) groups excluding carboxylic acids is 1. The SMILES string of the molecule is CNCCN(C)C(=O)CCCCCCN. The summed E-state index contributed by atoms with van der Waals surface area (Å²) in [6, 6.07) is 0. The molecule has 0 heterocycles. The van der Waals surface area contributed by atoms with Gasteiger partial charge in [-0.1, -0.05) is 12.8 Å². The van der Waals surface area contributed by atoms with Gasteiger partial charge in [-0.3, -0.25) is 4.79 Å². The molecular formula is C11H25N3O. The second kappa shape index (κ2) is 9.93. The minimum atomic E-state index is 0.248. The van der Waals surface area contributed by atoms with Crippen LogP contribution in [0.2, 0.25) is 0 Å². The Bertz CT molecular complexity index is 162. The van der Waals surface area contributed by atoms with E-state index in [0.29, 0.717) is 6.42 Å². The standard InChI is InChI=1S/C11H25N3O/c1-13-9-10-14(2)11(15)7-5-3-4-6-8-12/h13H,3-10,12H2,1-2H3. The molecule has 4 nitrogen and oxygen atoms in total. The zero-order chi connectivity index (χ0) is 11.5. The number of hydrogen-bond acceptors (Lipinski definition) is 3. The fourth-order valence-corrected chi connectivity index (χ4v) is 1.37. The Kier molecular flexibility index (Phi) is 9.52. The van der Waals surface area contributed by atoms with Crippen molar-refractivity contribution in [3.05, 3.63) is 0 Å². The molecule has 0 aliphatic rings. The lowest BCUT2D eigenvalue weighted by molar-refractivity contribution is -0.129. The molecule has 0 aromatic carbocycles. The first kappa shape index (κ1) is 14.4. The maximum Gasteiger partial charge on any atom is 0.222 e. The van der Waals surface area contributed by atoms with Gasteiger partial charge in [0.25, 0.3) is 0 Å². The van der Waals surface area contributed by atoms with Crippen LogP contribution in [0, 0.1) is 0 Å². The molecule has 0 aromatic rings. The number of nitrogens with two attached hydrogens (primary N) is 1. The van der Waals surface area contributed by atoms with E-state index >= 15 is 0 Å². The second-order valence-corrected chi connectivity index (χ2v) is 3.87. The Morgan fingerprint density at radius 3 is 2.53 bits per heavy atom. The lowest BCUT2D eigenvalue weighted by Gasteiger charge is -2.16. The Balaban J connectivity index is 3.38. The van der Waals surface area contributed by atoms with Crippen molar-refractivity contribution in [2.24, 2.45) is 5.73 Å². The first-order valence-corrected chi connectivity index (χ1v) is 5.81. The van der Waals surface area contributed by atoms with Crippen molar-refractivity contribution < 1.29 is 4.79 Å². The number of unbranched alkanes of at least 4 members (excludes halogenated alkanes) is 3. The number of nitrogens with one attached hydrogen (secondary N) is 1. The third-order valence-corrected chi connectivity index (χ3v) is 2.47. The molecule has 0 aliphatic heterocycles. The number of hydrogen-bond donors (Lipinski definition) is 2. The summed E-state index contributed by atoms with van der Waals surface area (Å²) in [5.41, 5.74) is 5.39. The molecule has 15 heavy (non-hydrogen) atoms. The van der Waals surface area contributed by atoms with Gasteiger partial charge in [-0.15, -0.1) is 0 Å². The van der Waals surface area contributed by atoms with E-state index in [1.54, 1.807) is 4.90 Å². The normalized spacial score (nSPS) is 10.3. The predicted molar refractivity (Wildman–Crippen MR) is 63.7 cm³/mol. The first-order valence-electron chi connectivity index (χ1n) is 5.81. The van der Waals surface area contributed by atoms with Gasteiger partial charge in [0, 0.05) is 26.6 Å². The topological polar surface area (TPSA) is 58.4 Å². The number of amides is 1. The summed E-state index contributed by atoms with van der Waals surface area (Å²) in [7, 11) is 3.75. The summed E-state index contributed by atoms with van der Waals surface area (Å²) in [5, 5.41) is 3.03. The fraction of sp³-hybridized carbons (Fsp3) is 0.909. The van der Waals surface area contributed by atoms with Gasteiger partial charge < -0.3 is 16.0 Å². The van der Waals surface area contributed by atoms with Crippen LogP contribution >= 0.6 is 0 Å². The largest absolute Gasteiger partial charge is 0.344 e. The van der Waals surface area contributed by atoms with Crippen LogP contribution in [-0.4, -0.2) is 44.5 Å². The molecule has 0 rings (SSSR count). The maximum atomic E-state index is 11.6. The predicted octanol–water partition coefficient (Wildman–Crippen LogP) is 0.573. The highest BCUT2D eigenvalue weighted by Crippen LogP contribution is 2.03. The van der Waals surface area contributed by atoms with Gasteiger partial charge in [0.1, 0.15) is 0 Å². The van der Waals surface area contributed by atoms with Crippen molar-refractivity contribution >= 4 is 5.91 Å². The van der Waals surface area contributed by atoms with Crippen LogP contribution in [0.4, 0.5) is 0 Å². The van der Waals surface area contributed by atoms with Crippen molar-refractivity contribution in [1.82, 2.24) is 10.2 Å². The second-order valence-electron chi connectivity index (χ2n) is 3.87. The van der Waals surface area contributed by atoms with E-state index in [1.807, 2.05) is 14.1 Å². The molecule has 1 amide bonds. The molecule has 0 atom stereocenters. The van der Waals surface area contributed by atoms with E-state index in [4.69, 9.17) is 5.73 Å². The lowest BCUT2D eigenvalue weighted by atomic mass is 10.1. The summed E-state index contributed by atoms with van der Waals surface area (Å²) in [5.74, 6) is 0.248. The minimum absolute atomic E-state index is 0.248. The van der Waals surface area contributed by atoms with Gasteiger partial charge in [0.2, 0.25) is 5.91 Å². The zero-order valence-electron chi connectivity index (χ0n) is 10.1. The zero-order valence-corrected chi connectivity index (χ0v) is 10.1. The molecule has 0 radical (unpaired) electrons. The Hall–Kier alpha value is -0.610. The molecule has 0 saturated carbocycles. The molecule has 90 valence electrons. The molecule has 3 N–H and O–H groups in total. The van der Waals surface area contributed by atoms with Crippen LogP contribution in [0.3, 0.4) is 0 Å². The Morgan fingerprint density at radius 2 is 1.93 bits per heavy atom. The van der Waals surface area contributed by atoms with E-state index in [-0.39, 0.29) is 5.91 Å². The van der Waals surface area contributed by atoms with Crippen LogP contribution in [0.1, 0.15) is 32.1 Å². The van der Waals surface area contributed by atoms with Crippen molar-refractivity contribution in [2.75, 3.05) is 33.7 Å². The average molecular weight is 215 g/mol. The van der Waals surface area contributed by atoms with Gasteiger partial charge in [-0.05, 0) is 26.4 Å². The number of carbonyl (C=O) groups is 1. The Morgan fingerprint density at radius 1 is 1.27 bits per heavy atom. The van der Waals surface area contributed by atoms with Crippen molar-refractivity contribution in [3.63, 3.8) is 0 Å². The van der Waals surface area contributed by atoms with Crippen LogP contribution in [0.15, 0.2) is 0 Å². The highest BCUT2D eigenvalue weighted by Gasteiger charge is 2.06. The summed E-state index contributed by atoms with van der Waals surface area (Å²) < 4.78 is 0. The van der Waals surface area contributed by atoms with E-state index in [9.17, 15) is 4.79 Å². The van der Waals surface area contributed by atoms with Crippen molar-refractivity contribution in [3.8, 4) is 0 Å². The Labute approximate surface area is 93.2 Å². The van der Waals surface area contributed by atoms with Crippen LogP contribution in [0.5, 0.6) is 0 Å². The molecule has 0 bridgehead atoms. The lowest BCUT2D eigenvalue weighted by Crippen LogP contribution is -2.32. The summed E-state index contributed by atoms with van der Waals surface area (Å²) in [6.45, 7) is 2.41. The van der Waals surface area contributed by atoms with Crippen LogP contribution < -0.4 is 11.1 Å². The highest BCUT2D eigenvalue weighted by atomic mass is 16.2. The summed E-state index contributed by atoms with van der Waals surface area (Å²) in [4.78, 5) is 13.3. The maximum absolute atomic E-state index is 11.6. The minimum Gasteiger partial charge on any atom is -0.344 e. The van der Waals surface area contributed by atoms with E-state index in [2.05, 4.69) is 5.32 Å². The highest BCUT2D eigenvalue weighted by molar-refractivity contribution is 5.75. The number of likely N-dealkylation sites (N-methyl/N-ethyl adjacent to an activating group) is 2. The molecule has 0 saturated heterocycles.